The summed E-state index contributed by atoms with van der Waals surface area (Å²) in [5, 5.41) is 0. The van der Waals surface area contributed by atoms with Crippen molar-refractivity contribution in [3.8, 4) is 0 Å². The Balaban J connectivity index is 0.00000169. The van der Waals surface area contributed by atoms with E-state index < -0.39 is 0 Å². The maximum atomic E-state index is 12.3. The fraction of sp³-hybridized carbons (Fsp3) is 0.600. The molecule has 1 aromatic heterocycles. The molecule has 0 radical (unpaired) electrons. The number of hydrogen-bond acceptors (Lipinski definition) is 3. The van der Waals surface area contributed by atoms with Gasteiger partial charge >= 0.3 is 5.97 Å². The molecule has 24 heavy (non-hydrogen) atoms. The van der Waals surface area contributed by atoms with Gasteiger partial charge in [0.05, 0.1) is 5.92 Å². The van der Waals surface area contributed by atoms with Crippen LogP contribution in [0.2, 0.25) is 0 Å². The number of carbonyl (C=O) groups excluding carboxylic acids is 1. The van der Waals surface area contributed by atoms with Gasteiger partial charge in [-0.3, -0.25) is 9.78 Å². The zero-order chi connectivity index (χ0) is 15.8. The number of fused-ring (bicyclic) bond motifs is 2. The van der Waals surface area contributed by atoms with Crippen molar-refractivity contribution in [1.82, 2.24) is 4.98 Å². The molecule has 1 aliphatic heterocycles. The minimum Gasteiger partial charge on any atom is -0.462 e. The average molecular weight is 494 g/mol. The molecule has 0 unspecified atom stereocenters. The van der Waals surface area contributed by atoms with Crippen LogP contribution < -0.4 is 0 Å². The zero-order valence-corrected chi connectivity index (χ0v) is 17.0. The van der Waals surface area contributed by atoms with Gasteiger partial charge < -0.3 is 4.74 Å². The number of carbonyl (C=O) groups is 1. The maximum absolute atomic E-state index is 12.3. The molecule has 3 fully saturated rings. The van der Waals surface area contributed by atoms with Gasteiger partial charge in [-0.25, -0.2) is 12.1 Å². The first kappa shape index (κ1) is 17.9. The number of pyridine rings is 1. The summed E-state index contributed by atoms with van der Waals surface area (Å²) in [4.78, 5) is 16.6. The van der Waals surface area contributed by atoms with Crippen LogP contribution in [0.4, 0.5) is 0 Å². The van der Waals surface area contributed by atoms with E-state index in [0.29, 0.717) is 23.7 Å². The molecule has 2 aliphatic carbocycles. The molecule has 3 nitrogen and oxygen atoms in total. The van der Waals surface area contributed by atoms with Gasteiger partial charge in [-0.1, -0.05) is 37.6 Å². The molecular formula is C20H24NO2W-. The number of allylic oxidation sites excluding steroid dienone is 1. The van der Waals surface area contributed by atoms with Crippen LogP contribution in [0.1, 0.15) is 44.7 Å². The number of aromatic nitrogens is 1. The number of hydrogen-bond donors (Lipinski definition) is 0. The van der Waals surface area contributed by atoms with Gasteiger partial charge in [-0.15, -0.1) is 0 Å². The van der Waals surface area contributed by atoms with E-state index in [-0.39, 0.29) is 39.1 Å². The molecule has 4 rings (SSSR count). The fourth-order valence-electron chi connectivity index (χ4n) is 5.23. The summed E-state index contributed by atoms with van der Waals surface area (Å²) in [6.45, 7) is 2.07. The second-order valence-electron chi connectivity index (χ2n) is 7.39. The van der Waals surface area contributed by atoms with Crippen LogP contribution in [0.15, 0.2) is 24.4 Å². The Morgan fingerprint density at radius 3 is 2.96 bits per heavy atom. The smallest absolute Gasteiger partial charge is 0.309 e. The molecule has 128 valence electrons. The van der Waals surface area contributed by atoms with Crippen molar-refractivity contribution in [2.45, 2.75) is 45.1 Å². The number of rotatable bonds is 2. The molecule has 4 heteroatoms. The van der Waals surface area contributed by atoms with E-state index in [4.69, 9.17) is 4.74 Å². The van der Waals surface area contributed by atoms with Crippen LogP contribution in [-0.4, -0.2) is 17.1 Å². The molecular weight excluding hydrogens is 470 g/mol. The third kappa shape index (κ3) is 3.25. The first-order chi connectivity index (χ1) is 11.2. The van der Waals surface area contributed by atoms with E-state index >= 15 is 0 Å². The molecule has 1 aromatic rings. The number of cyclic esters (lactones) is 1. The predicted molar refractivity (Wildman–Crippen MR) is 88.2 cm³/mol. The Labute approximate surface area is 158 Å². The second-order valence-corrected chi connectivity index (χ2v) is 7.39. The summed E-state index contributed by atoms with van der Waals surface area (Å²) in [6, 6.07) is 6.83. The Morgan fingerprint density at radius 2 is 2.17 bits per heavy atom. The maximum Gasteiger partial charge on any atom is 0.309 e. The molecule has 1 saturated heterocycles. The Hall–Kier alpha value is -0.952. The molecule has 2 heterocycles. The molecule has 0 amide bonds. The minimum absolute atomic E-state index is 0. The van der Waals surface area contributed by atoms with Crippen LogP contribution >= 0.6 is 0 Å². The third-order valence-electron chi connectivity index (χ3n) is 6.20. The molecule has 0 N–H and O–H groups in total. The van der Waals surface area contributed by atoms with Gasteiger partial charge in [0.2, 0.25) is 0 Å². The minimum atomic E-state index is 0. The van der Waals surface area contributed by atoms with Crippen molar-refractivity contribution in [2.24, 2.45) is 29.6 Å². The van der Waals surface area contributed by atoms with Gasteiger partial charge in [-0.05, 0) is 43.2 Å². The average Bonchev–Trinajstić information content (AvgIpc) is 2.87. The summed E-state index contributed by atoms with van der Waals surface area (Å²) in [6.07, 6.45) is 12.4. The van der Waals surface area contributed by atoms with E-state index in [0.717, 1.165) is 12.1 Å². The van der Waals surface area contributed by atoms with Crippen LogP contribution in [0.5, 0.6) is 0 Å². The summed E-state index contributed by atoms with van der Waals surface area (Å²) in [5.74, 6) is 2.32. The number of nitrogens with zero attached hydrogens (tertiary/aromatic N) is 1. The topological polar surface area (TPSA) is 39.2 Å². The largest absolute Gasteiger partial charge is 0.462 e. The normalized spacial score (nSPS) is 38.1. The van der Waals surface area contributed by atoms with Crippen molar-refractivity contribution in [2.75, 3.05) is 0 Å². The van der Waals surface area contributed by atoms with Crippen LogP contribution in [-0.2, 0) is 30.6 Å². The first-order valence-corrected chi connectivity index (χ1v) is 8.95. The van der Waals surface area contributed by atoms with Gasteiger partial charge in [0, 0.05) is 27.0 Å². The summed E-state index contributed by atoms with van der Waals surface area (Å²) in [7, 11) is 0. The van der Waals surface area contributed by atoms with Crippen molar-refractivity contribution < 1.29 is 30.6 Å². The zero-order valence-electron chi connectivity index (χ0n) is 14.1. The predicted octanol–water partition coefficient (Wildman–Crippen LogP) is 3.90. The Bertz CT molecular complexity index is 603. The molecule has 3 aliphatic rings. The monoisotopic (exact) mass is 494 g/mol. The van der Waals surface area contributed by atoms with E-state index in [1.54, 1.807) is 6.20 Å². The standard InChI is InChI=1S/C20H24NO2.W/c1-13-19-17(10-9-15-7-4-5-11-21-15)16-8-3-2-6-14(16)12-18(19)20(22)23-13;/h4,7,9-11,13-14,16-19H,2-3,6,8,12H2,1H3;/q-1;/b10-9+;/t13-,14+,16-,17+,18-,19+;/m1./s1. The van der Waals surface area contributed by atoms with Crippen molar-refractivity contribution in [1.29, 1.82) is 0 Å². The van der Waals surface area contributed by atoms with E-state index in [9.17, 15) is 4.79 Å². The van der Waals surface area contributed by atoms with Gasteiger partial charge in [0.15, 0.2) is 0 Å². The van der Waals surface area contributed by atoms with Crippen molar-refractivity contribution >= 4 is 12.0 Å². The Morgan fingerprint density at radius 1 is 1.33 bits per heavy atom. The van der Waals surface area contributed by atoms with Crippen molar-refractivity contribution in [3.63, 3.8) is 0 Å². The summed E-state index contributed by atoms with van der Waals surface area (Å²) >= 11 is 0. The van der Waals surface area contributed by atoms with Crippen LogP contribution in [0.3, 0.4) is 0 Å². The van der Waals surface area contributed by atoms with Crippen molar-refractivity contribution in [3.05, 3.63) is 36.2 Å². The third-order valence-corrected chi connectivity index (χ3v) is 6.20. The van der Waals surface area contributed by atoms with Gasteiger partial charge in [0.25, 0.3) is 0 Å². The number of esters is 1. The van der Waals surface area contributed by atoms with E-state index in [1.165, 1.54) is 25.7 Å². The number of ether oxygens (including phenoxy) is 1. The van der Waals surface area contributed by atoms with Crippen LogP contribution in [0, 0.1) is 35.7 Å². The molecule has 2 saturated carbocycles. The summed E-state index contributed by atoms with van der Waals surface area (Å²) in [5.41, 5.74) is 0.969. The van der Waals surface area contributed by atoms with E-state index in [1.807, 2.05) is 12.1 Å². The SMILES string of the molecule is C[C@H]1OC(=O)[C@@H]2C[C@@H]3CCCC[C@H]3[C@H](/C=C/c3cc[c-]cn3)[C@H]12.[W]. The molecule has 0 aromatic carbocycles. The van der Waals surface area contributed by atoms with Gasteiger partial charge in [0.1, 0.15) is 6.10 Å². The summed E-state index contributed by atoms with van der Waals surface area (Å²) < 4.78 is 5.60. The fourth-order valence-corrected chi connectivity index (χ4v) is 5.23. The van der Waals surface area contributed by atoms with Gasteiger partial charge in [-0.2, -0.15) is 6.07 Å². The Kier molecular flexibility index (Phi) is 5.59. The first-order valence-electron chi connectivity index (χ1n) is 8.95. The molecule has 6 atom stereocenters. The quantitative estimate of drug-likeness (QED) is 0.463. The van der Waals surface area contributed by atoms with Crippen LogP contribution in [0.25, 0.3) is 6.08 Å². The van der Waals surface area contributed by atoms with E-state index in [2.05, 4.69) is 30.1 Å². The molecule has 0 spiro atoms. The second kappa shape index (κ2) is 7.52. The molecule has 0 bridgehead atoms.